The lowest BCUT2D eigenvalue weighted by Crippen LogP contribution is -2.66. The summed E-state index contributed by atoms with van der Waals surface area (Å²) in [5.41, 5.74) is 9.29. The lowest BCUT2D eigenvalue weighted by Gasteiger charge is -2.28. The summed E-state index contributed by atoms with van der Waals surface area (Å²) < 4.78 is 6.72. The van der Waals surface area contributed by atoms with Crippen LogP contribution in [0.4, 0.5) is 0 Å². The van der Waals surface area contributed by atoms with Crippen molar-refractivity contribution in [2.75, 3.05) is 0 Å². The molecule has 224 valence electrons. The minimum atomic E-state index is -3.06. The molecule has 0 fully saturated rings. The average Bonchev–Trinajstić information content (AvgIpc) is 3.55. The van der Waals surface area contributed by atoms with Crippen LogP contribution in [0.25, 0.3) is 54.6 Å². The molecule has 9 aromatic rings. The summed E-state index contributed by atoms with van der Waals surface area (Å²) in [6, 6.07) is 58.2. The standard InChI is InChI=1S/C45H29NOSi/c1-4-15-32(16-5-1)44-38-23-12-10-21-35(38)37(36-22-11-13-24-39(36)44)28-30-48(33-17-6-2-7-18-33,34-19-8-3-9-20-34)43-26-14-25-40-41-31-46-29-27-42(41)47-45(40)43/h1-27,29,31H. The highest BCUT2D eigenvalue weighted by atomic mass is 28.3. The largest absolute Gasteiger partial charge is 0.456 e. The van der Waals surface area contributed by atoms with Crippen LogP contribution in [0.15, 0.2) is 181 Å². The van der Waals surface area contributed by atoms with E-state index in [2.05, 4.69) is 174 Å². The second kappa shape index (κ2) is 11.5. The summed E-state index contributed by atoms with van der Waals surface area (Å²) in [6.45, 7) is 0. The number of aromatic nitrogens is 1. The van der Waals surface area contributed by atoms with E-state index in [4.69, 9.17) is 4.42 Å². The van der Waals surface area contributed by atoms with Crippen LogP contribution >= 0.6 is 0 Å². The van der Waals surface area contributed by atoms with E-state index in [0.717, 1.165) is 43.5 Å². The van der Waals surface area contributed by atoms with Crippen LogP contribution < -0.4 is 15.6 Å². The Labute approximate surface area is 280 Å². The fraction of sp³-hybridized carbons (Fsp3) is 0. The molecule has 0 radical (unpaired) electrons. The van der Waals surface area contributed by atoms with E-state index >= 15 is 0 Å². The predicted octanol–water partition coefficient (Wildman–Crippen LogP) is 9.02. The van der Waals surface area contributed by atoms with E-state index in [1.54, 1.807) is 6.20 Å². The second-order valence-electron chi connectivity index (χ2n) is 12.1. The molecule has 0 N–H and O–H groups in total. The Morgan fingerprint density at radius 2 is 1.02 bits per heavy atom. The fourth-order valence-corrected chi connectivity index (χ4v) is 11.3. The molecule has 0 saturated carbocycles. The number of hydrogen-bond acceptors (Lipinski definition) is 2. The molecule has 0 aliphatic carbocycles. The van der Waals surface area contributed by atoms with E-state index in [0.29, 0.717) is 0 Å². The first-order valence-corrected chi connectivity index (χ1v) is 18.2. The van der Waals surface area contributed by atoms with Gasteiger partial charge < -0.3 is 4.42 Å². The summed E-state index contributed by atoms with van der Waals surface area (Å²) >= 11 is 0. The van der Waals surface area contributed by atoms with Crippen LogP contribution in [-0.4, -0.2) is 13.1 Å². The van der Waals surface area contributed by atoms with E-state index in [1.165, 1.54) is 32.3 Å². The van der Waals surface area contributed by atoms with Crippen molar-refractivity contribution in [1.82, 2.24) is 4.98 Å². The third-order valence-electron chi connectivity index (χ3n) is 9.48. The highest BCUT2D eigenvalue weighted by molar-refractivity contribution is 7.17. The monoisotopic (exact) mass is 627 g/mol. The van der Waals surface area contributed by atoms with Gasteiger partial charge in [0, 0.05) is 33.9 Å². The third-order valence-corrected chi connectivity index (χ3v) is 13.6. The molecular weight excluding hydrogens is 599 g/mol. The Morgan fingerprint density at radius 1 is 0.479 bits per heavy atom. The van der Waals surface area contributed by atoms with Gasteiger partial charge in [0.25, 0.3) is 0 Å². The molecular formula is C45H29NOSi. The Balaban J connectivity index is 1.42. The number of hydrogen-bond donors (Lipinski definition) is 0. The fourth-order valence-electron chi connectivity index (χ4n) is 7.34. The third kappa shape index (κ3) is 4.39. The zero-order valence-electron chi connectivity index (χ0n) is 26.1. The Bertz CT molecular complexity index is 2570. The van der Waals surface area contributed by atoms with Crippen LogP contribution in [0.5, 0.6) is 0 Å². The van der Waals surface area contributed by atoms with Gasteiger partial charge in [-0.25, -0.2) is 0 Å². The molecule has 2 nitrogen and oxygen atoms in total. The first-order valence-electron chi connectivity index (χ1n) is 16.2. The van der Waals surface area contributed by atoms with Gasteiger partial charge in [-0.2, -0.15) is 0 Å². The maximum Gasteiger partial charge on any atom is 0.233 e. The molecule has 2 heterocycles. The van der Waals surface area contributed by atoms with Crippen LogP contribution in [0.2, 0.25) is 0 Å². The molecule has 0 unspecified atom stereocenters. The first-order chi connectivity index (χ1) is 23.8. The average molecular weight is 628 g/mol. The number of rotatable bonds is 4. The van der Waals surface area contributed by atoms with Gasteiger partial charge >= 0.3 is 0 Å². The van der Waals surface area contributed by atoms with Gasteiger partial charge in [0.05, 0.1) is 0 Å². The van der Waals surface area contributed by atoms with Crippen molar-refractivity contribution in [1.29, 1.82) is 0 Å². The minimum absolute atomic E-state index is 0.831. The summed E-state index contributed by atoms with van der Waals surface area (Å²) in [6.07, 6.45) is 3.69. The molecule has 0 amide bonds. The number of nitrogens with zero attached hydrogens (tertiary/aromatic N) is 1. The number of fused-ring (bicyclic) bond motifs is 5. The summed E-state index contributed by atoms with van der Waals surface area (Å²) in [7, 11) is -3.06. The van der Waals surface area contributed by atoms with E-state index in [-0.39, 0.29) is 0 Å². The van der Waals surface area contributed by atoms with Crippen molar-refractivity contribution in [3.63, 3.8) is 0 Å². The second-order valence-corrected chi connectivity index (χ2v) is 15.5. The molecule has 7 aromatic carbocycles. The summed E-state index contributed by atoms with van der Waals surface area (Å²) in [4.78, 5) is 4.43. The SMILES string of the molecule is C(#C[Si](c1ccccc1)(c1ccccc1)c1cccc2c1oc1ccncc12)c1c2ccccc2c(-c2ccccc2)c2ccccc12. The molecule has 0 aliphatic rings. The molecule has 2 aromatic heterocycles. The van der Waals surface area contributed by atoms with Gasteiger partial charge in [-0.05, 0) is 49.1 Å². The quantitative estimate of drug-likeness (QED) is 0.0843. The van der Waals surface area contributed by atoms with Gasteiger partial charge in [-0.1, -0.05) is 164 Å². The van der Waals surface area contributed by atoms with Crippen LogP contribution in [0, 0.1) is 11.5 Å². The zero-order valence-corrected chi connectivity index (χ0v) is 27.1. The Kier molecular flexibility index (Phi) is 6.74. The van der Waals surface area contributed by atoms with Crippen molar-refractivity contribution in [2.45, 2.75) is 0 Å². The topological polar surface area (TPSA) is 26.0 Å². The molecule has 48 heavy (non-hydrogen) atoms. The van der Waals surface area contributed by atoms with Crippen LogP contribution in [0.3, 0.4) is 0 Å². The number of pyridine rings is 1. The molecule has 0 bridgehead atoms. The lowest BCUT2D eigenvalue weighted by molar-refractivity contribution is 0.671. The Morgan fingerprint density at radius 3 is 1.65 bits per heavy atom. The van der Waals surface area contributed by atoms with E-state index in [9.17, 15) is 0 Å². The van der Waals surface area contributed by atoms with Crippen LogP contribution in [0.1, 0.15) is 5.56 Å². The van der Waals surface area contributed by atoms with E-state index < -0.39 is 8.07 Å². The molecule has 0 saturated heterocycles. The van der Waals surface area contributed by atoms with Crippen molar-refractivity contribution < 1.29 is 4.42 Å². The maximum absolute atomic E-state index is 6.72. The summed E-state index contributed by atoms with van der Waals surface area (Å²) in [5.74, 6) is 3.90. The number of furan rings is 1. The molecule has 0 atom stereocenters. The van der Waals surface area contributed by atoms with Crippen molar-refractivity contribution in [3.8, 4) is 22.6 Å². The highest BCUT2D eigenvalue weighted by Crippen LogP contribution is 2.39. The van der Waals surface area contributed by atoms with Gasteiger partial charge in [0.2, 0.25) is 8.07 Å². The van der Waals surface area contributed by atoms with E-state index in [1.807, 2.05) is 12.3 Å². The van der Waals surface area contributed by atoms with Crippen molar-refractivity contribution >= 4 is 67.1 Å². The number of benzene rings is 7. The van der Waals surface area contributed by atoms with Crippen LogP contribution in [-0.2, 0) is 0 Å². The summed E-state index contributed by atoms with van der Waals surface area (Å²) in [5, 5.41) is 10.3. The zero-order chi connectivity index (χ0) is 31.9. The first kappa shape index (κ1) is 28.0. The lowest BCUT2D eigenvalue weighted by atomic mass is 9.89. The normalized spacial score (nSPS) is 11.6. The van der Waals surface area contributed by atoms with Gasteiger partial charge in [-0.3, -0.25) is 4.98 Å². The maximum atomic E-state index is 6.72. The van der Waals surface area contributed by atoms with Crippen molar-refractivity contribution in [3.05, 3.63) is 182 Å². The van der Waals surface area contributed by atoms with Gasteiger partial charge in [0.15, 0.2) is 0 Å². The molecule has 0 spiro atoms. The highest BCUT2D eigenvalue weighted by Gasteiger charge is 2.41. The molecule has 9 rings (SSSR count). The smallest absolute Gasteiger partial charge is 0.233 e. The van der Waals surface area contributed by atoms with Gasteiger partial charge in [0.1, 0.15) is 11.2 Å². The minimum Gasteiger partial charge on any atom is -0.456 e. The number of para-hydroxylation sites is 1. The molecule has 3 heteroatoms. The van der Waals surface area contributed by atoms with Gasteiger partial charge in [-0.15, -0.1) is 5.54 Å². The predicted molar refractivity (Wildman–Crippen MR) is 203 cm³/mol. The Hall–Kier alpha value is -6.21. The van der Waals surface area contributed by atoms with Crippen molar-refractivity contribution in [2.24, 2.45) is 0 Å². The molecule has 0 aliphatic heterocycles.